The summed E-state index contributed by atoms with van der Waals surface area (Å²) in [6.07, 6.45) is 0. The Hall–Kier alpha value is -1.85. The van der Waals surface area contributed by atoms with Crippen LogP contribution in [0.2, 0.25) is 5.02 Å². The maximum Gasteiger partial charge on any atom is 0.331 e. The Morgan fingerprint density at radius 2 is 1.85 bits per heavy atom. The third kappa shape index (κ3) is 2.84. The van der Waals surface area contributed by atoms with E-state index in [9.17, 15) is 14.4 Å². The molecular formula is C13H10Cl2N2O3. The number of carbonyl (C=O) groups is 3. The molecule has 5 nitrogen and oxygen atoms in total. The Labute approximate surface area is 125 Å². The van der Waals surface area contributed by atoms with Gasteiger partial charge in [-0.05, 0) is 17.7 Å². The summed E-state index contributed by atoms with van der Waals surface area (Å²) in [5.41, 5.74) is 0.453. The lowest BCUT2D eigenvalue weighted by Crippen LogP contribution is -2.57. The molecule has 1 aromatic carbocycles. The molecule has 1 atom stereocenters. The number of benzene rings is 1. The smallest absolute Gasteiger partial charge is 0.277 e. The van der Waals surface area contributed by atoms with Crippen molar-refractivity contribution in [2.75, 3.05) is 6.54 Å². The van der Waals surface area contributed by atoms with Gasteiger partial charge in [-0.25, -0.2) is 4.79 Å². The first kappa shape index (κ1) is 14.6. The molecule has 0 aromatic heterocycles. The molecule has 1 unspecified atom stereocenters. The molecule has 7 heteroatoms. The number of hydrogen-bond acceptors (Lipinski definition) is 3. The minimum Gasteiger partial charge on any atom is -0.277 e. The Kier molecular flexibility index (Phi) is 4.11. The Morgan fingerprint density at radius 3 is 2.40 bits per heavy atom. The van der Waals surface area contributed by atoms with Gasteiger partial charge >= 0.3 is 6.03 Å². The zero-order chi connectivity index (χ0) is 14.9. The second-order valence-corrected chi connectivity index (χ2v) is 5.19. The predicted molar refractivity (Wildman–Crippen MR) is 74.4 cm³/mol. The third-order valence-corrected chi connectivity index (χ3v) is 3.15. The first-order valence-electron chi connectivity index (χ1n) is 5.65. The minimum atomic E-state index is -1.10. The third-order valence-electron chi connectivity index (χ3n) is 2.78. The van der Waals surface area contributed by atoms with Crippen molar-refractivity contribution >= 4 is 41.0 Å². The molecule has 1 aliphatic rings. The monoisotopic (exact) mass is 312 g/mol. The Morgan fingerprint density at radius 1 is 1.25 bits per heavy atom. The number of imide groups is 2. The molecule has 0 saturated carbocycles. The number of halogens is 2. The van der Waals surface area contributed by atoms with Crippen LogP contribution in [0.3, 0.4) is 0 Å². The van der Waals surface area contributed by atoms with Crippen molar-refractivity contribution in [3.8, 4) is 0 Å². The van der Waals surface area contributed by atoms with Crippen molar-refractivity contribution in [1.82, 2.24) is 10.2 Å². The number of urea groups is 1. The first-order chi connectivity index (χ1) is 9.40. The van der Waals surface area contributed by atoms with Crippen LogP contribution in [0.1, 0.15) is 11.5 Å². The van der Waals surface area contributed by atoms with E-state index in [-0.39, 0.29) is 11.6 Å². The van der Waals surface area contributed by atoms with E-state index in [4.69, 9.17) is 23.2 Å². The number of nitrogens with one attached hydrogen (secondary N) is 1. The molecule has 0 aliphatic carbocycles. The summed E-state index contributed by atoms with van der Waals surface area (Å²) in [5.74, 6) is -2.40. The maximum atomic E-state index is 12.3. The average molecular weight is 313 g/mol. The Bertz CT molecular complexity index is 598. The topological polar surface area (TPSA) is 66.5 Å². The van der Waals surface area contributed by atoms with Gasteiger partial charge in [-0.2, -0.15) is 0 Å². The van der Waals surface area contributed by atoms with E-state index in [0.717, 1.165) is 4.90 Å². The van der Waals surface area contributed by atoms with Gasteiger partial charge in [0.05, 0.1) is 6.54 Å². The molecule has 0 bridgehead atoms. The van der Waals surface area contributed by atoms with E-state index in [0.29, 0.717) is 10.6 Å². The molecular weight excluding hydrogens is 303 g/mol. The second-order valence-electron chi connectivity index (χ2n) is 4.22. The summed E-state index contributed by atoms with van der Waals surface area (Å²) >= 11 is 11.4. The zero-order valence-electron chi connectivity index (χ0n) is 10.2. The number of carbonyl (C=O) groups excluding carboxylic acids is 3. The fraction of sp³-hybridized carbons (Fsp3) is 0.154. The van der Waals surface area contributed by atoms with Crippen LogP contribution in [-0.4, -0.2) is 29.3 Å². The fourth-order valence-corrected chi connectivity index (χ4v) is 2.13. The predicted octanol–water partition coefficient (Wildman–Crippen LogP) is 2.25. The van der Waals surface area contributed by atoms with E-state index in [2.05, 4.69) is 11.9 Å². The Balaban J connectivity index is 2.34. The summed E-state index contributed by atoms with van der Waals surface area (Å²) in [7, 11) is 0. The van der Waals surface area contributed by atoms with Gasteiger partial charge in [0.2, 0.25) is 11.8 Å². The van der Waals surface area contributed by atoms with Crippen LogP contribution in [-0.2, 0) is 9.59 Å². The van der Waals surface area contributed by atoms with Crippen molar-refractivity contribution in [2.24, 2.45) is 0 Å². The molecule has 0 spiro atoms. The highest BCUT2D eigenvalue weighted by molar-refractivity contribution is 6.31. The van der Waals surface area contributed by atoms with Crippen LogP contribution in [0.5, 0.6) is 0 Å². The normalized spacial score (nSPS) is 19.0. The van der Waals surface area contributed by atoms with E-state index in [1.165, 1.54) is 0 Å². The number of nitrogens with zero attached hydrogens (tertiary/aromatic N) is 1. The molecule has 104 valence electrons. The van der Waals surface area contributed by atoms with Crippen LogP contribution in [0.15, 0.2) is 35.9 Å². The highest BCUT2D eigenvalue weighted by Crippen LogP contribution is 2.24. The molecule has 1 fully saturated rings. The lowest BCUT2D eigenvalue weighted by atomic mass is 9.95. The van der Waals surface area contributed by atoms with Gasteiger partial charge in [-0.15, -0.1) is 0 Å². The molecule has 0 radical (unpaired) electrons. The van der Waals surface area contributed by atoms with Crippen molar-refractivity contribution < 1.29 is 14.4 Å². The van der Waals surface area contributed by atoms with Gasteiger partial charge in [-0.3, -0.25) is 19.8 Å². The minimum absolute atomic E-state index is 0.123. The summed E-state index contributed by atoms with van der Waals surface area (Å²) in [4.78, 5) is 36.6. The molecule has 1 aliphatic heterocycles. The van der Waals surface area contributed by atoms with Gasteiger partial charge in [0.1, 0.15) is 5.92 Å². The highest BCUT2D eigenvalue weighted by Gasteiger charge is 2.41. The summed E-state index contributed by atoms with van der Waals surface area (Å²) in [5, 5.41) is 2.73. The molecule has 2 rings (SSSR count). The molecule has 1 N–H and O–H groups in total. The van der Waals surface area contributed by atoms with Crippen LogP contribution in [0, 0.1) is 0 Å². The van der Waals surface area contributed by atoms with Gasteiger partial charge in [0.15, 0.2) is 0 Å². The largest absolute Gasteiger partial charge is 0.331 e. The number of hydrogen-bond donors (Lipinski definition) is 1. The van der Waals surface area contributed by atoms with Gasteiger partial charge in [-0.1, -0.05) is 41.9 Å². The molecule has 1 saturated heterocycles. The summed E-state index contributed by atoms with van der Waals surface area (Å²) < 4.78 is 0. The van der Waals surface area contributed by atoms with E-state index in [1.807, 2.05) is 0 Å². The van der Waals surface area contributed by atoms with Gasteiger partial charge in [0.25, 0.3) is 0 Å². The quantitative estimate of drug-likeness (QED) is 0.871. The van der Waals surface area contributed by atoms with Crippen molar-refractivity contribution in [3.05, 3.63) is 46.5 Å². The number of barbiturate groups is 1. The highest BCUT2D eigenvalue weighted by atomic mass is 35.5. The van der Waals surface area contributed by atoms with Crippen LogP contribution in [0.25, 0.3) is 0 Å². The van der Waals surface area contributed by atoms with Crippen LogP contribution in [0.4, 0.5) is 4.79 Å². The number of amides is 4. The standard InChI is InChI=1S/C13H10Cl2N2O3/c1-7(14)6-17-12(19)10(11(18)16-13(17)20)8-2-4-9(15)5-3-8/h2-5,10H,1,6H2,(H,16,18,20). The SMILES string of the molecule is C=C(Cl)CN1C(=O)NC(=O)C(c2ccc(Cl)cc2)C1=O. The van der Waals surface area contributed by atoms with Crippen LogP contribution < -0.4 is 5.32 Å². The van der Waals surface area contributed by atoms with E-state index in [1.54, 1.807) is 24.3 Å². The zero-order valence-corrected chi connectivity index (χ0v) is 11.7. The number of rotatable bonds is 3. The molecule has 4 amide bonds. The molecule has 1 heterocycles. The van der Waals surface area contributed by atoms with E-state index < -0.39 is 23.8 Å². The lowest BCUT2D eigenvalue weighted by molar-refractivity contribution is -0.138. The van der Waals surface area contributed by atoms with Crippen molar-refractivity contribution in [1.29, 1.82) is 0 Å². The van der Waals surface area contributed by atoms with Gasteiger partial charge in [0, 0.05) is 10.1 Å². The van der Waals surface area contributed by atoms with Crippen LogP contribution >= 0.6 is 23.2 Å². The van der Waals surface area contributed by atoms with Gasteiger partial charge < -0.3 is 0 Å². The average Bonchev–Trinajstić information content (AvgIpc) is 2.36. The molecule has 20 heavy (non-hydrogen) atoms. The second kappa shape index (κ2) is 5.64. The summed E-state index contributed by atoms with van der Waals surface area (Å²) in [6, 6.07) is 5.46. The van der Waals surface area contributed by atoms with Crippen molar-refractivity contribution in [2.45, 2.75) is 5.92 Å². The maximum absolute atomic E-state index is 12.3. The fourth-order valence-electron chi connectivity index (χ4n) is 1.88. The molecule has 1 aromatic rings. The van der Waals surface area contributed by atoms with E-state index >= 15 is 0 Å². The first-order valence-corrected chi connectivity index (χ1v) is 6.40. The van der Waals surface area contributed by atoms with Crippen molar-refractivity contribution in [3.63, 3.8) is 0 Å². The lowest BCUT2D eigenvalue weighted by Gasteiger charge is -2.30. The summed E-state index contributed by atoms with van der Waals surface area (Å²) in [6.45, 7) is 3.29.